The fourth-order valence-electron chi connectivity index (χ4n) is 0.789. The number of sulfonamides is 1. The average molecular weight is 189 g/mol. The van der Waals surface area contributed by atoms with Gasteiger partial charge < -0.3 is 5.11 Å². The van der Waals surface area contributed by atoms with Crippen LogP contribution in [0.4, 0.5) is 0 Å². The molecule has 0 aromatic rings. The number of rotatable bonds is 1. The van der Waals surface area contributed by atoms with Gasteiger partial charge in [-0.2, -0.15) is 4.40 Å². The number of nitrogens with zero attached hydrogens (tertiary/aromatic N) is 1. The van der Waals surface area contributed by atoms with Crippen LogP contribution in [0.5, 0.6) is 0 Å². The zero-order valence-electron chi connectivity index (χ0n) is 6.31. The van der Waals surface area contributed by atoms with Gasteiger partial charge in [0.15, 0.2) is 5.78 Å². The Labute approximate surface area is 69.5 Å². The lowest BCUT2D eigenvalue weighted by molar-refractivity contribution is -0.113. The lowest BCUT2D eigenvalue weighted by atomic mass is 10.2. The van der Waals surface area contributed by atoms with Crippen LogP contribution >= 0.6 is 0 Å². The van der Waals surface area contributed by atoms with Gasteiger partial charge in [0.2, 0.25) is 0 Å². The van der Waals surface area contributed by atoms with Crippen molar-refractivity contribution >= 4 is 22.0 Å². The molecule has 6 heteroatoms. The summed E-state index contributed by atoms with van der Waals surface area (Å²) < 4.78 is 24.6. The highest BCUT2D eigenvalue weighted by atomic mass is 32.2. The standard InChI is InChI=1S/C6H7NO4S/c1-4(8)5-2-7-12(10,11)3-6(5)9/h2,9H,3H2,1H3. The number of aliphatic hydroxyl groups is 1. The first-order valence-electron chi connectivity index (χ1n) is 3.13. The molecule has 1 aliphatic rings. The summed E-state index contributed by atoms with van der Waals surface area (Å²) in [7, 11) is -3.59. The van der Waals surface area contributed by atoms with E-state index in [2.05, 4.69) is 4.40 Å². The molecule has 0 atom stereocenters. The van der Waals surface area contributed by atoms with Gasteiger partial charge in [-0.15, -0.1) is 0 Å². The Kier molecular flexibility index (Phi) is 2.01. The molecule has 0 bridgehead atoms. The number of carbonyl (C=O) groups excluding carboxylic acids is 1. The van der Waals surface area contributed by atoms with Crippen molar-refractivity contribution < 1.29 is 18.3 Å². The van der Waals surface area contributed by atoms with Crippen molar-refractivity contribution in [2.45, 2.75) is 6.92 Å². The van der Waals surface area contributed by atoms with E-state index in [0.29, 0.717) is 0 Å². The molecule has 0 amide bonds. The molecule has 0 fully saturated rings. The average Bonchev–Trinajstić information content (AvgIpc) is 1.83. The summed E-state index contributed by atoms with van der Waals surface area (Å²) in [5.41, 5.74) is -0.0372. The van der Waals surface area contributed by atoms with E-state index in [0.717, 1.165) is 6.21 Å². The van der Waals surface area contributed by atoms with Crippen molar-refractivity contribution in [3.63, 3.8) is 0 Å². The number of carbonyl (C=O) groups is 1. The Hall–Kier alpha value is -1.17. The van der Waals surface area contributed by atoms with Gasteiger partial charge in [-0.3, -0.25) is 4.79 Å². The molecule has 66 valence electrons. The summed E-state index contributed by atoms with van der Waals surface area (Å²) >= 11 is 0. The van der Waals surface area contributed by atoms with E-state index in [9.17, 15) is 13.2 Å². The lowest BCUT2D eigenvalue weighted by Gasteiger charge is -2.06. The summed E-state index contributed by atoms with van der Waals surface area (Å²) in [5, 5.41) is 9.06. The summed E-state index contributed by atoms with van der Waals surface area (Å²) in [5.74, 6) is -1.41. The van der Waals surface area contributed by atoms with Crippen LogP contribution < -0.4 is 0 Å². The molecule has 5 nitrogen and oxygen atoms in total. The molecule has 0 saturated heterocycles. The second-order valence-electron chi connectivity index (χ2n) is 2.38. The summed E-state index contributed by atoms with van der Waals surface area (Å²) in [4.78, 5) is 10.7. The van der Waals surface area contributed by atoms with Crippen molar-refractivity contribution in [2.75, 3.05) is 5.75 Å². The number of ketones is 1. The zero-order valence-corrected chi connectivity index (χ0v) is 7.13. The molecule has 0 aromatic heterocycles. The largest absolute Gasteiger partial charge is 0.510 e. The van der Waals surface area contributed by atoms with Gasteiger partial charge in [0.05, 0.1) is 11.8 Å². The second-order valence-corrected chi connectivity index (χ2v) is 4.04. The van der Waals surface area contributed by atoms with Crippen molar-refractivity contribution in [3.05, 3.63) is 11.3 Å². The van der Waals surface area contributed by atoms with Crippen LogP contribution in [-0.2, 0) is 14.8 Å². The van der Waals surface area contributed by atoms with Crippen LogP contribution in [0, 0.1) is 0 Å². The second kappa shape index (κ2) is 2.71. The minimum absolute atomic E-state index is 0.0372. The first-order chi connectivity index (χ1) is 5.42. The SMILES string of the molecule is CC(=O)C1=C(O)CS(=O)(=O)N=C1. The van der Waals surface area contributed by atoms with Crippen molar-refractivity contribution in [2.24, 2.45) is 4.40 Å². The van der Waals surface area contributed by atoms with Crippen LogP contribution in [0.15, 0.2) is 15.7 Å². The van der Waals surface area contributed by atoms with Crippen molar-refractivity contribution in [1.82, 2.24) is 0 Å². The van der Waals surface area contributed by atoms with E-state index < -0.39 is 27.3 Å². The monoisotopic (exact) mass is 189 g/mol. The highest BCUT2D eigenvalue weighted by molar-refractivity contribution is 7.90. The maximum absolute atomic E-state index is 10.7. The Morgan fingerprint density at radius 2 is 2.25 bits per heavy atom. The van der Waals surface area contributed by atoms with Gasteiger partial charge in [-0.05, 0) is 6.92 Å². The van der Waals surface area contributed by atoms with E-state index in [1.807, 2.05) is 0 Å². The van der Waals surface area contributed by atoms with E-state index in [4.69, 9.17) is 5.11 Å². The molecule has 1 N–H and O–H groups in total. The van der Waals surface area contributed by atoms with Gasteiger partial charge in [0.1, 0.15) is 11.5 Å². The van der Waals surface area contributed by atoms with Gasteiger partial charge in [0.25, 0.3) is 10.0 Å². The van der Waals surface area contributed by atoms with E-state index in [-0.39, 0.29) is 5.57 Å². The van der Waals surface area contributed by atoms with Crippen LogP contribution in [-0.4, -0.2) is 31.3 Å². The van der Waals surface area contributed by atoms with Gasteiger partial charge in [0, 0.05) is 0 Å². The van der Waals surface area contributed by atoms with Crippen LogP contribution in [0.2, 0.25) is 0 Å². The fraction of sp³-hybridized carbons (Fsp3) is 0.333. The first-order valence-corrected chi connectivity index (χ1v) is 4.74. The molecular weight excluding hydrogens is 182 g/mol. The van der Waals surface area contributed by atoms with E-state index in [1.165, 1.54) is 6.92 Å². The molecule has 1 aliphatic heterocycles. The molecule has 0 aromatic carbocycles. The zero-order chi connectivity index (χ0) is 9.35. The first kappa shape index (κ1) is 8.92. The summed E-state index contributed by atoms with van der Waals surface area (Å²) in [6.45, 7) is 1.23. The number of allylic oxidation sites excluding steroid dienone is 1. The number of Topliss-reactive ketones (excluding diaryl/α,β-unsaturated/α-hetero) is 1. The molecule has 0 radical (unpaired) electrons. The van der Waals surface area contributed by atoms with Gasteiger partial charge in [-0.25, -0.2) is 8.42 Å². The Morgan fingerprint density at radius 1 is 1.67 bits per heavy atom. The predicted octanol–water partition coefficient (Wildman–Crippen LogP) is -0.198. The van der Waals surface area contributed by atoms with Crippen molar-refractivity contribution in [1.29, 1.82) is 0 Å². The molecular formula is C6H7NO4S. The fourth-order valence-corrected chi connectivity index (χ4v) is 1.63. The van der Waals surface area contributed by atoms with Crippen LogP contribution in [0.3, 0.4) is 0 Å². The highest BCUT2D eigenvalue weighted by Crippen LogP contribution is 2.11. The molecule has 0 saturated carbocycles. The normalized spacial score (nSPS) is 21.1. The quantitative estimate of drug-likeness (QED) is 0.619. The third kappa shape index (κ3) is 1.70. The highest BCUT2D eigenvalue weighted by Gasteiger charge is 2.21. The summed E-state index contributed by atoms with van der Waals surface area (Å²) in [6.07, 6.45) is 0.872. The summed E-state index contributed by atoms with van der Waals surface area (Å²) in [6, 6.07) is 0. The molecule has 1 rings (SSSR count). The van der Waals surface area contributed by atoms with Crippen LogP contribution in [0.25, 0.3) is 0 Å². The molecule has 0 unspecified atom stereocenters. The predicted molar refractivity (Wildman–Crippen MR) is 42.6 cm³/mol. The van der Waals surface area contributed by atoms with E-state index in [1.54, 1.807) is 0 Å². The molecule has 12 heavy (non-hydrogen) atoms. The third-order valence-corrected chi connectivity index (χ3v) is 2.42. The van der Waals surface area contributed by atoms with Gasteiger partial charge >= 0.3 is 0 Å². The Bertz CT molecular complexity index is 376. The minimum atomic E-state index is -3.59. The third-order valence-electron chi connectivity index (χ3n) is 1.35. The number of hydrogen-bond donors (Lipinski definition) is 1. The Morgan fingerprint density at radius 3 is 2.67 bits per heavy atom. The number of hydrogen-bond acceptors (Lipinski definition) is 4. The van der Waals surface area contributed by atoms with Crippen LogP contribution in [0.1, 0.15) is 6.92 Å². The Balaban J connectivity index is 3.12. The van der Waals surface area contributed by atoms with E-state index >= 15 is 0 Å². The number of aliphatic hydroxyl groups excluding tert-OH is 1. The maximum Gasteiger partial charge on any atom is 0.260 e. The van der Waals surface area contributed by atoms with Gasteiger partial charge in [-0.1, -0.05) is 0 Å². The lowest BCUT2D eigenvalue weighted by Crippen LogP contribution is -2.16. The molecule has 0 aliphatic carbocycles. The minimum Gasteiger partial charge on any atom is -0.510 e. The molecule has 0 spiro atoms. The topological polar surface area (TPSA) is 83.8 Å². The molecule has 1 heterocycles. The smallest absolute Gasteiger partial charge is 0.260 e. The maximum atomic E-state index is 10.7. The van der Waals surface area contributed by atoms with Crippen molar-refractivity contribution in [3.8, 4) is 0 Å².